The zero-order valence-electron chi connectivity index (χ0n) is 16.2. The molecule has 0 unspecified atom stereocenters. The minimum absolute atomic E-state index is 0.0268. The first-order valence-corrected chi connectivity index (χ1v) is 10.9. The summed E-state index contributed by atoms with van der Waals surface area (Å²) in [5, 5.41) is 9.64. The maximum atomic E-state index is 12.6. The van der Waals surface area contributed by atoms with Crippen molar-refractivity contribution < 1.29 is 14.4 Å². The Balaban J connectivity index is 1.56. The molecule has 8 nitrogen and oxygen atoms in total. The summed E-state index contributed by atoms with van der Waals surface area (Å²) in [6.45, 7) is 2.26. The van der Waals surface area contributed by atoms with Gasteiger partial charge in [-0.1, -0.05) is 36.7 Å². The van der Waals surface area contributed by atoms with Gasteiger partial charge in [-0.25, -0.2) is 0 Å². The van der Waals surface area contributed by atoms with E-state index >= 15 is 0 Å². The quantitative estimate of drug-likeness (QED) is 0.457. The van der Waals surface area contributed by atoms with Crippen molar-refractivity contribution >= 4 is 58.7 Å². The molecule has 11 heteroatoms. The van der Waals surface area contributed by atoms with Crippen LogP contribution >= 0.6 is 35.6 Å². The molecule has 0 atom stereocenters. The van der Waals surface area contributed by atoms with Crippen molar-refractivity contribution in [2.24, 2.45) is 0 Å². The number of nitrogens with one attached hydrogen (secondary N) is 2. The Morgan fingerprint density at radius 2 is 2.13 bits per heavy atom. The predicted molar refractivity (Wildman–Crippen MR) is 119 cm³/mol. The summed E-state index contributed by atoms with van der Waals surface area (Å²) in [6, 6.07) is 7.07. The van der Waals surface area contributed by atoms with Crippen molar-refractivity contribution in [2.75, 3.05) is 13.1 Å². The number of H-pyrrole nitrogens is 1. The van der Waals surface area contributed by atoms with Crippen LogP contribution in [0.4, 0.5) is 4.79 Å². The fourth-order valence-electron chi connectivity index (χ4n) is 2.86. The molecule has 158 valence electrons. The number of benzene rings is 1. The molecule has 1 aromatic heterocycles. The molecular weight excluding hydrogens is 446 g/mol. The lowest BCUT2D eigenvalue weighted by molar-refractivity contribution is -0.124. The summed E-state index contributed by atoms with van der Waals surface area (Å²) >= 11 is 12.1. The monoisotopic (exact) mass is 465 g/mol. The van der Waals surface area contributed by atoms with Gasteiger partial charge in [-0.05, 0) is 48.1 Å². The Kier molecular flexibility index (Phi) is 7.46. The van der Waals surface area contributed by atoms with Crippen LogP contribution in [-0.4, -0.2) is 49.8 Å². The van der Waals surface area contributed by atoms with Gasteiger partial charge < -0.3 is 5.32 Å². The summed E-state index contributed by atoms with van der Waals surface area (Å²) in [7, 11) is 0. The fourth-order valence-corrected chi connectivity index (χ4v) is 4.12. The fraction of sp³-hybridized carbons (Fsp3) is 0.316. The highest BCUT2D eigenvalue weighted by molar-refractivity contribution is 8.18. The summed E-state index contributed by atoms with van der Waals surface area (Å²) in [4.78, 5) is 38.4. The van der Waals surface area contributed by atoms with Crippen LogP contribution in [0.5, 0.6) is 0 Å². The average Bonchev–Trinajstić information content (AvgIpc) is 3.18. The van der Waals surface area contributed by atoms with Crippen molar-refractivity contribution in [3.05, 3.63) is 50.4 Å². The number of thioether (sulfide) groups is 1. The standard InChI is InChI=1S/C19H20ClN5O3S2/c1-2-5-15-22-23-18(29)25(15)11-16(26)21-8-9-24-17(27)14(30-19(24)28)10-12-6-3-4-7-13(12)20/h3-4,6-7,10H,2,5,8-9,11H2,1H3,(H,21,26)(H,23,29)/b14-10-. The lowest BCUT2D eigenvalue weighted by Crippen LogP contribution is -2.38. The molecule has 1 aliphatic heterocycles. The topological polar surface area (TPSA) is 100 Å². The molecule has 0 spiro atoms. The number of aryl methyl sites for hydroxylation is 1. The number of hydrogen-bond acceptors (Lipinski definition) is 6. The largest absolute Gasteiger partial charge is 0.353 e. The summed E-state index contributed by atoms with van der Waals surface area (Å²) in [5.74, 6) is 0.0400. The van der Waals surface area contributed by atoms with Crippen molar-refractivity contribution in [1.29, 1.82) is 0 Å². The van der Waals surface area contributed by atoms with Gasteiger partial charge in [0.2, 0.25) is 5.91 Å². The molecule has 30 heavy (non-hydrogen) atoms. The zero-order chi connectivity index (χ0) is 21.7. The number of hydrogen-bond donors (Lipinski definition) is 2. The highest BCUT2D eigenvalue weighted by Crippen LogP contribution is 2.33. The van der Waals surface area contributed by atoms with E-state index in [0.717, 1.165) is 23.1 Å². The van der Waals surface area contributed by atoms with Gasteiger partial charge in [-0.2, -0.15) is 5.10 Å². The number of aromatic nitrogens is 3. The molecule has 0 aliphatic carbocycles. The molecule has 0 radical (unpaired) electrons. The minimum atomic E-state index is -0.401. The molecule has 0 bridgehead atoms. The summed E-state index contributed by atoms with van der Waals surface area (Å²) < 4.78 is 2.02. The number of carbonyl (C=O) groups is 3. The van der Waals surface area contributed by atoms with Gasteiger partial charge in [-0.15, -0.1) is 0 Å². The van der Waals surface area contributed by atoms with E-state index in [1.54, 1.807) is 34.9 Å². The molecule has 3 amide bonds. The van der Waals surface area contributed by atoms with Crippen LogP contribution in [0.3, 0.4) is 0 Å². The molecule has 2 aromatic rings. The highest BCUT2D eigenvalue weighted by atomic mass is 35.5. The second-order valence-corrected chi connectivity index (χ2v) is 8.27. The van der Waals surface area contributed by atoms with Crippen LogP contribution in [0, 0.1) is 4.77 Å². The van der Waals surface area contributed by atoms with Gasteiger partial charge in [0.25, 0.3) is 11.1 Å². The Hall–Kier alpha value is -2.43. The number of nitrogens with zero attached hydrogens (tertiary/aromatic N) is 3. The van der Waals surface area contributed by atoms with E-state index in [1.165, 1.54) is 0 Å². The molecule has 2 heterocycles. The third-order valence-electron chi connectivity index (χ3n) is 4.34. The van der Waals surface area contributed by atoms with Crippen LogP contribution in [0.15, 0.2) is 29.2 Å². The van der Waals surface area contributed by atoms with Crippen molar-refractivity contribution in [1.82, 2.24) is 25.0 Å². The third-order valence-corrected chi connectivity index (χ3v) is 5.90. The Labute approximate surface area is 187 Å². The summed E-state index contributed by atoms with van der Waals surface area (Å²) in [6.07, 6.45) is 3.18. The first-order valence-electron chi connectivity index (χ1n) is 9.31. The third kappa shape index (κ3) is 5.18. The van der Waals surface area contributed by atoms with Crippen molar-refractivity contribution in [3.8, 4) is 0 Å². The number of halogens is 1. The van der Waals surface area contributed by atoms with E-state index in [2.05, 4.69) is 15.5 Å². The second-order valence-electron chi connectivity index (χ2n) is 6.49. The van der Waals surface area contributed by atoms with E-state index in [1.807, 2.05) is 6.92 Å². The lowest BCUT2D eigenvalue weighted by atomic mass is 10.2. The smallest absolute Gasteiger partial charge is 0.293 e. The van der Waals surface area contributed by atoms with Gasteiger partial charge in [0.15, 0.2) is 4.77 Å². The normalized spacial score (nSPS) is 15.3. The minimum Gasteiger partial charge on any atom is -0.353 e. The number of imide groups is 1. The first kappa shape index (κ1) is 22.3. The Morgan fingerprint density at radius 1 is 1.37 bits per heavy atom. The predicted octanol–water partition coefficient (Wildman–Crippen LogP) is 3.40. The van der Waals surface area contributed by atoms with Crippen LogP contribution in [-0.2, 0) is 22.6 Å². The van der Waals surface area contributed by atoms with Crippen LogP contribution in [0.1, 0.15) is 24.7 Å². The molecule has 1 aromatic carbocycles. The number of carbonyl (C=O) groups excluding carboxylic acids is 3. The Bertz CT molecular complexity index is 1060. The number of aromatic amines is 1. The van der Waals surface area contributed by atoms with Crippen LogP contribution in [0.25, 0.3) is 6.08 Å². The van der Waals surface area contributed by atoms with Gasteiger partial charge in [0.05, 0.1) is 4.91 Å². The van der Waals surface area contributed by atoms with E-state index in [-0.39, 0.29) is 30.8 Å². The van der Waals surface area contributed by atoms with E-state index < -0.39 is 5.91 Å². The first-order chi connectivity index (χ1) is 14.4. The van der Waals surface area contributed by atoms with E-state index in [9.17, 15) is 14.4 Å². The number of rotatable bonds is 8. The average molecular weight is 466 g/mol. The second kappa shape index (κ2) is 10.1. The zero-order valence-corrected chi connectivity index (χ0v) is 18.6. The molecule has 0 saturated carbocycles. The van der Waals surface area contributed by atoms with Crippen molar-refractivity contribution in [2.45, 2.75) is 26.3 Å². The van der Waals surface area contributed by atoms with E-state index in [4.69, 9.17) is 23.8 Å². The maximum absolute atomic E-state index is 12.6. The lowest BCUT2D eigenvalue weighted by Gasteiger charge is -2.13. The van der Waals surface area contributed by atoms with Crippen LogP contribution in [0.2, 0.25) is 5.02 Å². The van der Waals surface area contributed by atoms with Crippen molar-refractivity contribution in [3.63, 3.8) is 0 Å². The molecule has 1 saturated heterocycles. The number of amides is 3. The van der Waals surface area contributed by atoms with Gasteiger partial charge in [0, 0.05) is 24.5 Å². The Morgan fingerprint density at radius 3 is 2.87 bits per heavy atom. The van der Waals surface area contributed by atoms with Gasteiger partial charge in [0.1, 0.15) is 12.4 Å². The molecule has 3 rings (SSSR count). The molecular formula is C19H20ClN5O3S2. The van der Waals surface area contributed by atoms with Gasteiger partial charge in [-0.3, -0.25) is 28.9 Å². The highest BCUT2D eigenvalue weighted by Gasteiger charge is 2.34. The van der Waals surface area contributed by atoms with E-state index in [0.29, 0.717) is 32.5 Å². The maximum Gasteiger partial charge on any atom is 0.293 e. The molecule has 1 aliphatic rings. The SMILES string of the molecule is CCCc1n[nH]c(=S)n1CC(=O)NCCN1C(=O)S/C(=C\c2ccccc2Cl)C1=O. The molecule has 1 fully saturated rings. The van der Waals surface area contributed by atoms with Crippen LogP contribution < -0.4 is 5.32 Å². The summed E-state index contributed by atoms with van der Waals surface area (Å²) in [5.41, 5.74) is 0.665. The van der Waals surface area contributed by atoms with Gasteiger partial charge >= 0.3 is 0 Å². The molecule has 2 N–H and O–H groups in total.